The summed E-state index contributed by atoms with van der Waals surface area (Å²) in [6, 6.07) is 6.47. The molecule has 0 bridgehead atoms. The molecule has 1 amide bonds. The van der Waals surface area contributed by atoms with Gasteiger partial charge in [0.15, 0.2) is 0 Å². The summed E-state index contributed by atoms with van der Waals surface area (Å²) in [5.41, 5.74) is 0.783. The first-order valence-electron chi connectivity index (χ1n) is 7.50. The molecule has 0 aliphatic carbocycles. The lowest BCUT2D eigenvalue weighted by Crippen LogP contribution is -2.40. The fraction of sp³-hybridized carbons (Fsp3) is 0.250. The highest BCUT2D eigenvalue weighted by atomic mass is 19.4. The van der Waals surface area contributed by atoms with Crippen molar-refractivity contribution in [3.63, 3.8) is 0 Å². The molecule has 0 radical (unpaired) electrons. The Balaban J connectivity index is 1.78. The molecule has 0 unspecified atom stereocenters. The molecule has 1 aromatic carbocycles. The molecule has 0 aliphatic heterocycles. The molecule has 2 aromatic heterocycles. The minimum atomic E-state index is -4.69. The largest absolute Gasteiger partial charge is 0.471 e. The van der Waals surface area contributed by atoms with E-state index < -0.39 is 17.6 Å². The number of benzene rings is 1. The zero-order valence-electron chi connectivity index (χ0n) is 13.8. The average Bonchev–Trinajstić information content (AvgIpc) is 3.26. The van der Waals surface area contributed by atoms with Crippen molar-refractivity contribution in [3.05, 3.63) is 53.7 Å². The summed E-state index contributed by atoms with van der Waals surface area (Å²) in [5.74, 6) is -1.87. The van der Waals surface area contributed by atoms with Crippen molar-refractivity contribution in [2.24, 2.45) is 0 Å². The monoisotopic (exact) mass is 365 g/mol. The minimum Gasteiger partial charge on any atom is -0.343 e. The lowest BCUT2D eigenvalue weighted by molar-refractivity contribution is -0.159. The van der Waals surface area contributed by atoms with Gasteiger partial charge in [0, 0.05) is 11.8 Å². The Labute approximate surface area is 145 Å². The van der Waals surface area contributed by atoms with Crippen LogP contribution in [0.1, 0.15) is 35.7 Å². The van der Waals surface area contributed by atoms with Crippen LogP contribution in [0.5, 0.6) is 0 Å². The van der Waals surface area contributed by atoms with E-state index in [1.807, 2.05) is 0 Å². The van der Waals surface area contributed by atoms with Crippen LogP contribution in [0.15, 0.2) is 41.2 Å². The summed E-state index contributed by atoms with van der Waals surface area (Å²) in [7, 11) is 0. The quantitative estimate of drug-likeness (QED) is 0.740. The first-order valence-corrected chi connectivity index (χ1v) is 7.50. The molecule has 136 valence electrons. The summed E-state index contributed by atoms with van der Waals surface area (Å²) in [5, 5.41) is 12.5. The number of amides is 1. The van der Waals surface area contributed by atoms with Gasteiger partial charge in [-0.1, -0.05) is 29.4 Å². The van der Waals surface area contributed by atoms with Crippen molar-refractivity contribution in [2.45, 2.75) is 25.6 Å². The van der Waals surface area contributed by atoms with E-state index in [1.165, 1.54) is 12.4 Å². The summed E-state index contributed by atoms with van der Waals surface area (Å²) in [4.78, 5) is 15.5. The zero-order valence-corrected chi connectivity index (χ0v) is 13.8. The van der Waals surface area contributed by atoms with Gasteiger partial charge < -0.3 is 9.84 Å². The van der Waals surface area contributed by atoms with E-state index in [1.54, 1.807) is 38.1 Å². The van der Waals surface area contributed by atoms with Crippen LogP contribution in [0.2, 0.25) is 0 Å². The van der Waals surface area contributed by atoms with E-state index in [2.05, 4.69) is 30.2 Å². The van der Waals surface area contributed by atoms with Crippen LogP contribution < -0.4 is 5.32 Å². The van der Waals surface area contributed by atoms with Gasteiger partial charge in [-0.25, -0.2) is 0 Å². The van der Waals surface area contributed by atoms with E-state index in [9.17, 15) is 18.0 Å². The Morgan fingerprint density at radius 3 is 2.42 bits per heavy atom. The third kappa shape index (κ3) is 3.58. The second kappa shape index (κ2) is 6.28. The first-order chi connectivity index (χ1) is 12.2. The second-order valence-electron chi connectivity index (χ2n) is 6.06. The fourth-order valence-electron chi connectivity index (χ4n) is 2.30. The van der Waals surface area contributed by atoms with Crippen molar-refractivity contribution in [1.29, 1.82) is 0 Å². The van der Waals surface area contributed by atoms with Gasteiger partial charge in [-0.05, 0) is 19.4 Å². The van der Waals surface area contributed by atoms with E-state index in [-0.39, 0.29) is 11.7 Å². The Hall–Kier alpha value is -3.17. The molecular formula is C16H14F3N5O2. The molecular weight excluding hydrogens is 351 g/mol. The number of halogens is 3. The molecule has 0 aliphatic rings. The molecule has 0 fully saturated rings. The van der Waals surface area contributed by atoms with Crippen molar-refractivity contribution in [1.82, 2.24) is 25.7 Å². The van der Waals surface area contributed by atoms with Gasteiger partial charge in [-0.2, -0.15) is 23.3 Å². The number of aromatic nitrogens is 4. The molecule has 7 nitrogen and oxygen atoms in total. The van der Waals surface area contributed by atoms with E-state index >= 15 is 0 Å². The number of rotatable bonds is 4. The molecule has 0 saturated heterocycles. The molecule has 3 rings (SSSR count). The normalized spacial score (nSPS) is 12.2. The summed E-state index contributed by atoms with van der Waals surface area (Å²) < 4.78 is 41.8. The molecule has 0 saturated carbocycles. The molecule has 3 aromatic rings. The molecule has 26 heavy (non-hydrogen) atoms. The van der Waals surface area contributed by atoms with Gasteiger partial charge in [-0.15, -0.1) is 0 Å². The lowest BCUT2D eigenvalue weighted by Gasteiger charge is -2.26. The number of aromatic amines is 1. The fourth-order valence-corrected chi connectivity index (χ4v) is 2.30. The highest BCUT2D eigenvalue weighted by Gasteiger charge is 2.38. The number of alkyl halides is 3. The Kier molecular flexibility index (Phi) is 4.26. The minimum absolute atomic E-state index is 0.163. The van der Waals surface area contributed by atoms with Crippen molar-refractivity contribution < 1.29 is 22.5 Å². The van der Waals surface area contributed by atoms with Crippen molar-refractivity contribution in [2.75, 3.05) is 0 Å². The molecule has 2 N–H and O–H groups in total. The van der Waals surface area contributed by atoms with Crippen molar-refractivity contribution in [3.8, 4) is 11.4 Å². The van der Waals surface area contributed by atoms with Gasteiger partial charge in [-0.3, -0.25) is 9.89 Å². The van der Waals surface area contributed by atoms with Gasteiger partial charge in [0.25, 0.3) is 5.91 Å². The standard InChI is InChI=1S/C16H14F3N5O2/c1-15(2,23-13(25)10-7-20-21-8-10)11-5-3-9(4-6-11)12-22-14(26-24-12)16(17,18)19/h3-8H,1-2H3,(H,20,21)(H,23,25). The summed E-state index contributed by atoms with van der Waals surface area (Å²) >= 11 is 0. The Bertz CT molecular complexity index is 899. The number of nitrogens with one attached hydrogen (secondary N) is 2. The maximum absolute atomic E-state index is 12.5. The van der Waals surface area contributed by atoms with Crippen LogP contribution in [0.25, 0.3) is 11.4 Å². The van der Waals surface area contributed by atoms with Crippen LogP contribution >= 0.6 is 0 Å². The smallest absolute Gasteiger partial charge is 0.343 e. The van der Waals surface area contributed by atoms with Gasteiger partial charge in [0.05, 0.1) is 17.3 Å². The van der Waals surface area contributed by atoms with Gasteiger partial charge >= 0.3 is 12.1 Å². The van der Waals surface area contributed by atoms with Gasteiger partial charge in [0.2, 0.25) is 5.82 Å². The molecule has 0 atom stereocenters. The summed E-state index contributed by atoms with van der Waals surface area (Å²) in [6.45, 7) is 3.60. The highest BCUT2D eigenvalue weighted by molar-refractivity contribution is 5.94. The highest BCUT2D eigenvalue weighted by Crippen LogP contribution is 2.30. The van der Waals surface area contributed by atoms with E-state index in [0.717, 1.165) is 5.56 Å². The third-order valence-corrected chi connectivity index (χ3v) is 3.72. The van der Waals surface area contributed by atoms with Crippen molar-refractivity contribution >= 4 is 5.91 Å². The van der Waals surface area contributed by atoms with Crippen LogP contribution in [-0.4, -0.2) is 26.2 Å². The maximum Gasteiger partial charge on any atom is 0.471 e. The number of H-pyrrole nitrogens is 1. The predicted octanol–water partition coefficient (Wildman–Crippen LogP) is 3.14. The van der Waals surface area contributed by atoms with Crippen LogP contribution in [0.4, 0.5) is 13.2 Å². The number of carbonyl (C=O) groups is 1. The predicted molar refractivity (Wildman–Crippen MR) is 83.8 cm³/mol. The van der Waals surface area contributed by atoms with Gasteiger partial charge in [0.1, 0.15) is 0 Å². The van der Waals surface area contributed by atoms with E-state index in [4.69, 9.17) is 0 Å². The van der Waals surface area contributed by atoms with Crippen LogP contribution in [0, 0.1) is 0 Å². The zero-order chi connectivity index (χ0) is 18.9. The second-order valence-corrected chi connectivity index (χ2v) is 6.06. The Morgan fingerprint density at radius 2 is 1.88 bits per heavy atom. The summed E-state index contributed by atoms with van der Waals surface area (Å²) in [6.07, 6.45) is -1.81. The Morgan fingerprint density at radius 1 is 1.19 bits per heavy atom. The number of carbonyl (C=O) groups excluding carboxylic acids is 1. The number of hydrogen-bond acceptors (Lipinski definition) is 5. The molecule has 0 spiro atoms. The number of nitrogens with zero attached hydrogens (tertiary/aromatic N) is 3. The molecule has 10 heteroatoms. The average molecular weight is 365 g/mol. The first kappa shape index (κ1) is 17.6. The van der Waals surface area contributed by atoms with Crippen LogP contribution in [-0.2, 0) is 11.7 Å². The van der Waals surface area contributed by atoms with E-state index in [0.29, 0.717) is 11.1 Å². The molecule has 2 heterocycles. The topological polar surface area (TPSA) is 96.7 Å². The lowest BCUT2D eigenvalue weighted by atomic mass is 9.93. The number of hydrogen-bond donors (Lipinski definition) is 2. The maximum atomic E-state index is 12.5. The van der Waals surface area contributed by atoms with Crippen LogP contribution in [0.3, 0.4) is 0 Å². The SMILES string of the molecule is CC(C)(NC(=O)c1cn[nH]c1)c1ccc(-c2noc(C(F)(F)F)n2)cc1. The third-order valence-electron chi connectivity index (χ3n) is 3.72.